The van der Waals surface area contributed by atoms with E-state index in [1.807, 2.05) is 6.92 Å². The summed E-state index contributed by atoms with van der Waals surface area (Å²) in [5.41, 5.74) is 0.228. The summed E-state index contributed by atoms with van der Waals surface area (Å²) in [5, 5.41) is 10.6. The molecule has 0 atom stereocenters. The van der Waals surface area contributed by atoms with Crippen LogP contribution in [0.3, 0.4) is 0 Å². The summed E-state index contributed by atoms with van der Waals surface area (Å²) in [6, 6.07) is 1.37. The highest BCUT2D eigenvalue weighted by Gasteiger charge is 2.17. The highest BCUT2D eigenvalue weighted by molar-refractivity contribution is 6.34. The maximum atomic E-state index is 11.9. The van der Waals surface area contributed by atoms with E-state index in [4.69, 9.17) is 27.9 Å². The van der Waals surface area contributed by atoms with E-state index in [-0.39, 0.29) is 33.7 Å². The van der Waals surface area contributed by atoms with Crippen molar-refractivity contribution in [3.63, 3.8) is 0 Å². The van der Waals surface area contributed by atoms with Crippen molar-refractivity contribution in [3.8, 4) is 0 Å². The summed E-state index contributed by atoms with van der Waals surface area (Å²) < 4.78 is 4.78. The maximum Gasteiger partial charge on any atom is 0.193 e. The molecular weight excluding hydrogens is 303 g/mol. The summed E-state index contributed by atoms with van der Waals surface area (Å²) in [7, 11) is 1.39. The number of hydrogen-bond acceptors (Lipinski definition) is 5. The number of carbonyl (C=O) groups excluding carboxylic acids is 1. The molecular formula is C13H14Cl2N2O3. The van der Waals surface area contributed by atoms with Gasteiger partial charge >= 0.3 is 0 Å². The molecule has 0 aliphatic rings. The molecule has 0 saturated carbocycles. The van der Waals surface area contributed by atoms with Gasteiger partial charge in [-0.3, -0.25) is 9.79 Å². The number of aliphatic hydroxyl groups is 1. The number of aliphatic imine (C=N–C) groups is 1. The minimum Gasteiger partial charge on any atom is -0.506 e. The third-order valence-corrected chi connectivity index (χ3v) is 2.82. The van der Waals surface area contributed by atoms with Gasteiger partial charge in [0.25, 0.3) is 0 Å². The Morgan fingerprint density at radius 3 is 2.85 bits per heavy atom. The van der Waals surface area contributed by atoms with Gasteiger partial charge in [-0.2, -0.15) is 0 Å². The highest BCUT2D eigenvalue weighted by atomic mass is 35.5. The lowest BCUT2D eigenvalue weighted by Gasteiger charge is -2.08. The van der Waals surface area contributed by atoms with E-state index in [0.29, 0.717) is 6.54 Å². The van der Waals surface area contributed by atoms with Gasteiger partial charge in [0.2, 0.25) is 0 Å². The van der Waals surface area contributed by atoms with E-state index in [2.05, 4.69) is 9.98 Å². The van der Waals surface area contributed by atoms with Crippen LogP contribution >= 0.6 is 23.2 Å². The first-order valence-corrected chi connectivity index (χ1v) is 6.53. The summed E-state index contributed by atoms with van der Waals surface area (Å²) in [5.74, 6) is -0.718. The molecule has 0 spiro atoms. The van der Waals surface area contributed by atoms with E-state index < -0.39 is 5.78 Å². The third kappa shape index (κ3) is 4.30. The lowest BCUT2D eigenvalue weighted by Crippen LogP contribution is -2.13. The fourth-order valence-corrected chi connectivity index (χ4v) is 1.75. The predicted octanol–water partition coefficient (Wildman–Crippen LogP) is 2.96. The van der Waals surface area contributed by atoms with Gasteiger partial charge in [0.15, 0.2) is 5.78 Å². The number of ketones is 1. The van der Waals surface area contributed by atoms with Crippen LogP contribution in [0.15, 0.2) is 22.8 Å². The topological polar surface area (TPSA) is 71.8 Å². The number of nitrogens with zero attached hydrogens (tertiary/aromatic N) is 2. The predicted molar refractivity (Wildman–Crippen MR) is 79.7 cm³/mol. The molecule has 0 unspecified atom stereocenters. The standard InChI is InChI=1S/C13H14Cl2N2O3/c1-3-16-5-9(11(18)7-20-2)13(19)8-4-12(15)17-6-10(8)14/h4-6,19H,3,7H2,1-2H3/b13-9-,16-5?. The van der Waals surface area contributed by atoms with Crippen LogP contribution in [-0.2, 0) is 9.53 Å². The van der Waals surface area contributed by atoms with Gasteiger partial charge in [0, 0.05) is 31.6 Å². The number of halogens is 2. The molecule has 1 aromatic rings. The van der Waals surface area contributed by atoms with Crippen LogP contribution in [0.25, 0.3) is 5.76 Å². The van der Waals surface area contributed by atoms with Gasteiger partial charge < -0.3 is 9.84 Å². The van der Waals surface area contributed by atoms with Gasteiger partial charge in [-0.05, 0) is 13.0 Å². The van der Waals surface area contributed by atoms with E-state index in [1.54, 1.807) is 0 Å². The number of hydrogen-bond donors (Lipinski definition) is 1. The van der Waals surface area contributed by atoms with Crippen molar-refractivity contribution in [2.24, 2.45) is 4.99 Å². The summed E-state index contributed by atoms with van der Waals surface area (Å²) in [6.45, 7) is 2.11. The molecule has 108 valence electrons. The number of methoxy groups -OCH3 is 1. The maximum absolute atomic E-state index is 11.9. The zero-order chi connectivity index (χ0) is 15.1. The van der Waals surface area contributed by atoms with Gasteiger partial charge in [0.1, 0.15) is 17.5 Å². The first kappa shape index (κ1) is 16.6. The Hall–Kier alpha value is -1.43. The van der Waals surface area contributed by atoms with Crippen LogP contribution in [0.4, 0.5) is 0 Å². The quantitative estimate of drug-likeness (QED) is 0.379. The van der Waals surface area contributed by atoms with Crippen LogP contribution in [-0.4, -0.2) is 42.3 Å². The van der Waals surface area contributed by atoms with Gasteiger partial charge in [-0.25, -0.2) is 4.98 Å². The number of Topliss-reactive ketones (excluding diaryl/α,β-unsaturated/α-hetero) is 1. The Labute approximate surface area is 126 Å². The van der Waals surface area contributed by atoms with Crippen molar-refractivity contribution in [2.75, 3.05) is 20.3 Å². The zero-order valence-corrected chi connectivity index (χ0v) is 12.6. The molecule has 1 rings (SSSR count). The van der Waals surface area contributed by atoms with Gasteiger partial charge in [-0.1, -0.05) is 23.2 Å². The first-order valence-electron chi connectivity index (χ1n) is 5.77. The van der Waals surface area contributed by atoms with Crippen molar-refractivity contribution < 1.29 is 14.6 Å². The number of rotatable bonds is 6. The Morgan fingerprint density at radius 2 is 2.25 bits per heavy atom. The summed E-state index contributed by atoms with van der Waals surface area (Å²) in [4.78, 5) is 19.7. The number of aromatic nitrogens is 1. The molecule has 1 aromatic heterocycles. The minimum absolute atomic E-state index is 0.0119. The molecule has 0 bridgehead atoms. The van der Waals surface area contributed by atoms with Crippen molar-refractivity contribution >= 4 is 41.0 Å². The van der Waals surface area contributed by atoms with Crippen LogP contribution in [0.1, 0.15) is 12.5 Å². The second-order valence-corrected chi connectivity index (χ2v) is 4.53. The molecule has 0 fully saturated rings. The van der Waals surface area contributed by atoms with Crippen molar-refractivity contribution in [1.29, 1.82) is 0 Å². The van der Waals surface area contributed by atoms with Crippen LogP contribution in [0, 0.1) is 0 Å². The van der Waals surface area contributed by atoms with Crippen LogP contribution < -0.4 is 0 Å². The summed E-state index contributed by atoms with van der Waals surface area (Å²) in [6.07, 6.45) is 2.59. The summed E-state index contributed by atoms with van der Waals surface area (Å²) >= 11 is 11.7. The average molecular weight is 317 g/mol. The highest BCUT2D eigenvalue weighted by Crippen LogP contribution is 2.26. The largest absolute Gasteiger partial charge is 0.506 e. The molecule has 5 nitrogen and oxygen atoms in total. The minimum atomic E-state index is -0.411. The second-order valence-electron chi connectivity index (χ2n) is 3.73. The monoisotopic (exact) mass is 316 g/mol. The molecule has 7 heteroatoms. The molecule has 0 aromatic carbocycles. The lowest BCUT2D eigenvalue weighted by molar-refractivity contribution is -0.118. The fourth-order valence-electron chi connectivity index (χ4n) is 1.40. The molecule has 0 saturated heterocycles. The molecule has 0 aliphatic carbocycles. The number of carbonyl (C=O) groups is 1. The van der Waals surface area contributed by atoms with Crippen LogP contribution in [0.5, 0.6) is 0 Å². The first-order chi connectivity index (χ1) is 9.51. The molecule has 20 heavy (non-hydrogen) atoms. The van der Waals surface area contributed by atoms with Crippen molar-refractivity contribution in [1.82, 2.24) is 4.98 Å². The SMILES string of the molecule is CCN=C/C(C(=O)COC)=C(/O)c1cc(Cl)ncc1Cl. The van der Waals surface area contributed by atoms with Crippen molar-refractivity contribution in [2.45, 2.75) is 6.92 Å². The van der Waals surface area contributed by atoms with Crippen molar-refractivity contribution in [3.05, 3.63) is 33.6 Å². The Balaban J connectivity index is 3.35. The number of pyridine rings is 1. The number of ether oxygens (including phenoxy) is 1. The lowest BCUT2D eigenvalue weighted by atomic mass is 10.1. The van der Waals surface area contributed by atoms with E-state index in [1.165, 1.54) is 25.6 Å². The Bertz CT molecular complexity index is 557. The Morgan fingerprint density at radius 1 is 1.55 bits per heavy atom. The second kappa shape index (κ2) is 7.99. The third-order valence-electron chi connectivity index (χ3n) is 2.31. The Kier molecular flexibility index (Phi) is 6.64. The molecule has 1 N–H and O–H groups in total. The average Bonchev–Trinajstić information content (AvgIpc) is 2.42. The molecule has 0 radical (unpaired) electrons. The smallest absolute Gasteiger partial charge is 0.193 e. The van der Waals surface area contributed by atoms with Gasteiger partial charge in [-0.15, -0.1) is 0 Å². The van der Waals surface area contributed by atoms with E-state index >= 15 is 0 Å². The molecule has 1 heterocycles. The number of aliphatic hydroxyl groups excluding tert-OH is 1. The van der Waals surface area contributed by atoms with E-state index in [9.17, 15) is 9.90 Å². The van der Waals surface area contributed by atoms with Gasteiger partial charge in [0.05, 0.1) is 10.6 Å². The van der Waals surface area contributed by atoms with E-state index in [0.717, 1.165) is 0 Å². The zero-order valence-electron chi connectivity index (χ0n) is 11.1. The molecule has 0 amide bonds. The fraction of sp³-hybridized carbons (Fsp3) is 0.308. The molecule has 0 aliphatic heterocycles. The normalized spacial score (nSPS) is 12.6. The van der Waals surface area contributed by atoms with Crippen LogP contribution in [0.2, 0.25) is 10.2 Å².